The van der Waals surface area contributed by atoms with E-state index in [-0.39, 0.29) is 29.8 Å². The van der Waals surface area contributed by atoms with Crippen LogP contribution >= 0.6 is 0 Å². The summed E-state index contributed by atoms with van der Waals surface area (Å²) in [6, 6.07) is -1.52. The zero-order valence-electron chi connectivity index (χ0n) is 20.2. The van der Waals surface area contributed by atoms with Gasteiger partial charge in [-0.3, -0.25) is 24.1 Å². The summed E-state index contributed by atoms with van der Waals surface area (Å²) in [6.45, 7) is 6.36. The molecule has 4 unspecified atom stereocenters. The highest BCUT2D eigenvalue weighted by Gasteiger charge is 2.51. The Morgan fingerprint density at radius 3 is 2.36 bits per heavy atom. The van der Waals surface area contributed by atoms with Gasteiger partial charge in [0.15, 0.2) is 0 Å². The molecule has 2 saturated carbocycles. The van der Waals surface area contributed by atoms with E-state index < -0.39 is 23.8 Å². The fourth-order valence-corrected chi connectivity index (χ4v) is 6.03. The predicted octanol–water partition coefficient (Wildman–Crippen LogP) is 1.62. The first-order valence-corrected chi connectivity index (χ1v) is 13.1. The molecule has 0 spiro atoms. The second kappa shape index (κ2) is 10.5. The highest BCUT2D eigenvalue weighted by molar-refractivity contribution is 6.38. The van der Waals surface area contributed by atoms with Crippen molar-refractivity contribution in [3.05, 3.63) is 0 Å². The van der Waals surface area contributed by atoms with Gasteiger partial charge in [0, 0.05) is 12.6 Å². The van der Waals surface area contributed by atoms with Crippen molar-refractivity contribution in [2.75, 3.05) is 19.6 Å². The van der Waals surface area contributed by atoms with Crippen LogP contribution in [0.1, 0.15) is 78.1 Å². The summed E-state index contributed by atoms with van der Waals surface area (Å²) in [4.78, 5) is 56.3. The Morgan fingerprint density at radius 1 is 0.970 bits per heavy atom. The molecule has 8 heteroatoms. The van der Waals surface area contributed by atoms with E-state index in [1.165, 1.54) is 6.42 Å². The average Bonchev–Trinajstić information content (AvgIpc) is 3.38. The number of piperidine rings is 1. The molecule has 4 fully saturated rings. The number of rotatable bonds is 9. The van der Waals surface area contributed by atoms with Crippen molar-refractivity contribution in [3.63, 3.8) is 0 Å². The number of hydrogen-bond donors (Lipinski definition) is 2. The average molecular weight is 461 g/mol. The highest BCUT2D eigenvalue weighted by atomic mass is 16.2. The zero-order valence-corrected chi connectivity index (χ0v) is 20.2. The van der Waals surface area contributed by atoms with Gasteiger partial charge in [0.25, 0.3) is 5.91 Å². The number of hydrogen-bond acceptors (Lipinski definition) is 5. The van der Waals surface area contributed by atoms with Gasteiger partial charge in [0.2, 0.25) is 17.6 Å². The number of fused-ring (bicyclic) bond motifs is 1. The number of likely N-dealkylation sites (tertiary alicyclic amines) is 2. The molecule has 2 aliphatic carbocycles. The lowest BCUT2D eigenvalue weighted by Crippen LogP contribution is -2.57. The van der Waals surface area contributed by atoms with E-state index in [1.54, 1.807) is 4.90 Å². The molecule has 0 radical (unpaired) electrons. The van der Waals surface area contributed by atoms with Crippen molar-refractivity contribution in [3.8, 4) is 0 Å². The standard InChI is InChI=1S/C25H40N4O4/c1-3-8-20(22(30)24(32)26-18-11-12-18)27-23(31)21-19-10-7-9-17(19)15-29(21)25(33)16(2)28-13-5-4-6-14-28/h16-21H,3-15H2,1-2H3,(H,26,32)(H,27,31)/t16-,17?,19?,20?,21?/m0/s1. The zero-order chi connectivity index (χ0) is 23.5. The van der Waals surface area contributed by atoms with Gasteiger partial charge < -0.3 is 15.5 Å². The molecule has 2 aliphatic heterocycles. The van der Waals surface area contributed by atoms with E-state index in [2.05, 4.69) is 15.5 Å². The van der Waals surface area contributed by atoms with Gasteiger partial charge in [-0.1, -0.05) is 26.2 Å². The van der Waals surface area contributed by atoms with Crippen LogP contribution < -0.4 is 10.6 Å². The molecular formula is C25H40N4O4. The van der Waals surface area contributed by atoms with Gasteiger partial charge in [-0.05, 0) is 76.8 Å². The molecule has 3 amide bonds. The monoisotopic (exact) mass is 460 g/mol. The first kappa shape index (κ1) is 24.2. The number of ketones is 1. The van der Waals surface area contributed by atoms with E-state index in [0.29, 0.717) is 25.3 Å². The summed E-state index contributed by atoms with van der Waals surface area (Å²) in [6.07, 6.45) is 9.37. The van der Waals surface area contributed by atoms with Gasteiger partial charge >= 0.3 is 0 Å². The molecule has 0 aromatic heterocycles. The maximum absolute atomic E-state index is 13.5. The van der Waals surface area contributed by atoms with E-state index >= 15 is 0 Å². The summed E-state index contributed by atoms with van der Waals surface area (Å²) < 4.78 is 0. The lowest BCUT2D eigenvalue weighted by Gasteiger charge is -2.36. The number of amides is 3. The fourth-order valence-electron chi connectivity index (χ4n) is 6.03. The van der Waals surface area contributed by atoms with E-state index in [0.717, 1.165) is 58.0 Å². The predicted molar refractivity (Wildman–Crippen MR) is 124 cm³/mol. The molecule has 2 N–H and O–H groups in total. The lowest BCUT2D eigenvalue weighted by atomic mass is 9.93. The summed E-state index contributed by atoms with van der Waals surface area (Å²) >= 11 is 0. The SMILES string of the molecule is CCCC(NC(=O)C1C2CCCC2CN1C(=O)[C@H](C)N1CCCCC1)C(=O)C(=O)NC1CC1. The van der Waals surface area contributed by atoms with Crippen LogP contribution in [0.3, 0.4) is 0 Å². The Bertz CT molecular complexity index is 762. The van der Waals surface area contributed by atoms with Gasteiger partial charge in [-0.25, -0.2) is 0 Å². The van der Waals surface area contributed by atoms with Crippen LogP contribution in [0.15, 0.2) is 0 Å². The summed E-state index contributed by atoms with van der Waals surface area (Å²) in [5, 5.41) is 5.63. The molecular weight excluding hydrogens is 420 g/mol. The molecule has 0 aromatic rings. The molecule has 8 nitrogen and oxygen atoms in total. The summed E-state index contributed by atoms with van der Waals surface area (Å²) in [5.74, 6) is -0.937. The van der Waals surface area contributed by atoms with E-state index in [1.807, 2.05) is 13.8 Å². The van der Waals surface area contributed by atoms with Crippen molar-refractivity contribution >= 4 is 23.5 Å². The third-order valence-electron chi connectivity index (χ3n) is 8.08. The minimum Gasteiger partial charge on any atom is -0.347 e. The van der Waals surface area contributed by atoms with Crippen molar-refractivity contribution in [1.82, 2.24) is 20.4 Å². The summed E-state index contributed by atoms with van der Waals surface area (Å²) in [5.41, 5.74) is 0. The molecule has 33 heavy (non-hydrogen) atoms. The van der Waals surface area contributed by atoms with E-state index in [9.17, 15) is 19.2 Å². The Kier molecular flexibility index (Phi) is 7.72. The number of Topliss-reactive ketones (excluding diaryl/α,β-unsaturated/α-hetero) is 1. The maximum Gasteiger partial charge on any atom is 0.289 e. The van der Waals surface area contributed by atoms with Crippen LogP contribution in [-0.2, 0) is 19.2 Å². The van der Waals surface area contributed by atoms with Gasteiger partial charge in [-0.15, -0.1) is 0 Å². The van der Waals surface area contributed by atoms with Gasteiger partial charge in [0.05, 0.1) is 12.1 Å². The smallest absolute Gasteiger partial charge is 0.289 e. The minimum absolute atomic E-state index is 0.0243. The number of nitrogens with zero attached hydrogens (tertiary/aromatic N) is 2. The lowest BCUT2D eigenvalue weighted by molar-refractivity contribution is -0.145. The summed E-state index contributed by atoms with van der Waals surface area (Å²) in [7, 11) is 0. The largest absolute Gasteiger partial charge is 0.347 e. The Labute approximate surface area is 197 Å². The minimum atomic E-state index is -0.835. The normalized spacial score (nSPS) is 29.3. The molecule has 0 bridgehead atoms. The van der Waals surface area contributed by atoms with Crippen LogP contribution in [0.2, 0.25) is 0 Å². The third-order valence-corrected chi connectivity index (χ3v) is 8.08. The molecule has 2 heterocycles. The first-order valence-electron chi connectivity index (χ1n) is 13.1. The van der Waals surface area contributed by atoms with Crippen molar-refractivity contribution < 1.29 is 19.2 Å². The van der Waals surface area contributed by atoms with Gasteiger partial charge in [-0.2, -0.15) is 0 Å². The molecule has 184 valence electrons. The van der Waals surface area contributed by atoms with Crippen molar-refractivity contribution in [1.29, 1.82) is 0 Å². The molecule has 0 aromatic carbocycles. The Balaban J connectivity index is 1.46. The molecule has 2 saturated heterocycles. The topological polar surface area (TPSA) is 98.8 Å². The number of carbonyl (C=O) groups is 4. The van der Waals surface area contributed by atoms with Crippen LogP contribution in [-0.4, -0.2) is 77.1 Å². The first-order chi connectivity index (χ1) is 15.9. The highest BCUT2D eigenvalue weighted by Crippen LogP contribution is 2.42. The maximum atomic E-state index is 13.5. The molecule has 4 rings (SSSR count). The van der Waals surface area contributed by atoms with Crippen molar-refractivity contribution in [2.24, 2.45) is 11.8 Å². The second-order valence-electron chi connectivity index (χ2n) is 10.5. The second-order valence-corrected chi connectivity index (χ2v) is 10.5. The van der Waals surface area contributed by atoms with Crippen LogP contribution in [0.4, 0.5) is 0 Å². The van der Waals surface area contributed by atoms with Crippen LogP contribution in [0.5, 0.6) is 0 Å². The Hall–Kier alpha value is -1.96. The third kappa shape index (κ3) is 5.42. The van der Waals surface area contributed by atoms with Crippen molar-refractivity contribution in [2.45, 2.75) is 102 Å². The fraction of sp³-hybridized carbons (Fsp3) is 0.840. The Morgan fingerprint density at radius 2 is 1.70 bits per heavy atom. The van der Waals surface area contributed by atoms with Crippen LogP contribution in [0.25, 0.3) is 0 Å². The number of carbonyl (C=O) groups excluding carboxylic acids is 4. The van der Waals surface area contributed by atoms with Gasteiger partial charge in [0.1, 0.15) is 6.04 Å². The van der Waals surface area contributed by atoms with E-state index in [4.69, 9.17) is 0 Å². The molecule has 4 aliphatic rings. The number of nitrogens with one attached hydrogen (secondary N) is 2. The van der Waals surface area contributed by atoms with Crippen LogP contribution in [0, 0.1) is 11.8 Å². The molecule has 5 atom stereocenters. The quantitative estimate of drug-likeness (QED) is 0.510.